The van der Waals surface area contributed by atoms with Gasteiger partial charge in [-0.2, -0.15) is 9.94 Å². The molecular weight excluding hydrogens is 470 g/mol. The fourth-order valence-corrected chi connectivity index (χ4v) is 4.83. The summed E-state index contributed by atoms with van der Waals surface area (Å²) in [7, 11) is 3.67. The lowest BCUT2D eigenvalue weighted by Crippen LogP contribution is -2.49. The van der Waals surface area contributed by atoms with Gasteiger partial charge in [0.25, 0.3) is 0 Å². The largest absolute Gasteiger partial charge is 0.339 e. The third-order valence-corrected chi connectivity index (χ3v) is 6.79. The van der Waals surface area contributed by atoms with Crippen LogP contribution in [0.5, 0.6) is 0 Å². The van der Waals surface area contributed by atoms with Crippen LogP contribution < -0.4 is 14.7 Å². The van der Waals surface area contributed by atoms with E-state index in [1.807, 2.05) is 83.4 Å². The molecule has 1 fully saturated rings. The first-order valence-corrected chi connectivity index (χ1v) is 12.1. The second-order valence-electron chi connectivity index (χ2n) is 8.93. The number of nitriles is 1. The standard InChI is InChI=1S/C26H27N9O2/c1-31-21-10-6-7-11-22(21)32(2)25(31)20(18-27)23(36)12-13-24(37)33-14-16-34(17-15-33)26-28-29-30-35(26)19-8-4-3-5-9-19/h3-11H,12-17H2,1-2H3. The van der Waals surface area contributed by atoms with Gasteiger partial charge in [0, 0.05) is 53.1 Å². The van der Waals surface area contributed by atoms with Crippen LogP contribution in [0.25, 0.3) is 5.69 Å². The molecule has 2 aliphatic rings. The van der Waals surface area contributed by atoms with Crippen LogP contribution in [0.15, 0.2) is 66.0 Å². The molecule has 5 rings (SSSR count). The minimum atomic E-state index is -0.335. The fourth-order valence-electron chi connectivity index (χ4n) is 4.83. The molecule has 11 nitrogen and oxygen atoms in total. The van der Waals surface area contributed by atoms with Crippen LogP contribution in [-0.2, 0) is 9.59 Å². The van der Waals surface area contributed by atoms with E-state index in [-0.39, 0.29) is 30.1 Å². The van der Waals surface area contributed by atoms with Gasteiger partial charge in [0.1, 0.15) is 17.5 Å². The van der Waals surface area contributed by atoms with Crippen molar-refractivity contribution in [3.63, 3.8) is 0 Å². The summed E-state index contributed by atoms with van der Waals surface area (Å²) in [5.74, 6) is 0.725. The zero-order valence-electron chi connectivity index (χ0n) is 20.8. The summed E-state index contributed by atoms with van der Waals surface area (Å²) in [6.45, 7) is 2.16. The Balaban J connectivity index is 1.19. The van der Waals surface area contributed by atoms with Crippen molar-refractivity contribution >= 4 is 29.0 Å². The zero-order chi connectivity index (χ0) is 25.9. The molecule has 0 unspecified atom stereocenters. The van der Waals surface area contributed by atoms with E-state index in [2.05, 4.69) is 21.6 Å². The highest BCUT2D eigenvalue weighted by atomic mass is 16.2. The minimum Gasteiger partial charge on any atom is -0.339 e. The van der Waals surface area contributed by atoms with Crippen LogP contribution in [-0.4, -0.2) is 77.1 Å². The summed E-state index contributed by atoms with van der Waals surface area (Å²) in [4.78, 5) is 33.4. The van der Waals surface area contributed by atoms with E-state index in [1.165, 1.54) is 0 Å². The van der Waals surface area contributed by atoms with Gasteiger partial charge in [0.15, 0.2) is 5.78 Å². The summed E-state index contributed by atoms with van der Waals surface area (Å²) in [5, 5.41) is 21.9. The number of piperazine rings is 1. The fraction of sp³-hybridized carbons (Fsp3) is 0.308. The molecule has 0 N–H and O–H groups in total. The van der Waals surface area contributed by atoms with Gasteiger partial charge >= 0.3 is 0 Å². The number of carbonyl (C=O) groups is 2. The Hall–Kier alpha value is -4.72. The normalized spacial score (nSPS) is 15.0. The number of aromatic nitrogens is 4. The van der Waals surface area contributed by atoms with Crippen molar-refractivity contribution in [2.75, 3.05) is 55.0 Å². The van der Waals surface area contributed by atoms with E-state index in [4.69, 9.17) is 0 Å². The van der Waals surface area contributed by atoms with Crippen LogP contribution in [0.3, 0.4) is 0 Å². The highest BCUT2D eigenvalue weighted by Crippen LogP contribution is 2.40. The van der Waals surface area contributed by atoms with Gasteiger partial charge in [-0.15, -0.1) is 0 Å². The van der Waals surface area contributed by atoms with Gasteiger partial charge in [-0.25, -0.2) is 0 Å². The van der Waals surface area contributed by atoms with Crippen molar-refractivity contribution in [2.24, 2.45) is 0 Å². The first kappa shape index (κ1) is 24.0. The number of hydrogen-bond donors (Lipinski definition) is 0. The molecule has 1 amide bonds. The van der Waals surface area contributed by atoms with Crippen molar-refractivity contribution in [2.45, 2.75) is 12.8 Å². The summed E-state index contributed by atoms with van der Waals surface area (Å²) in [6.07, 6.45) is 0.0368. The molecule has 11 heteroatoms. The van der Waals surface area contributed by atoms with Crippen LogP contribution in [0.1, 0.15) is 12.8 Å². The average Bonchev–Trinajstić information content (AvgIpc) is 3.53. The van der Waals surface area contributed by atoms with Gasteiger partial charge in [0.05, 0.1) is 17.1 Å². The Morgan fingerprint density at radius 3 is 2.14 bits per heavy atom. The smallest absolute Gasteiger partial charge is 0.250 e. The molecule has 2 aromatic carbocycles. The summed E-state index contributed by atoms with van der Waals surface area (Å²) < 4.78 is 1.68. The van der Waals surface area contributed by atoms with Crippen molar-refractivity contribution in [1.82, 2.24) is 25.1 Å². The lowest BCUT2D eigenvalue weighted by molar-refractivity contribution is -0.133. The molecule has 3 heterocycles. The van der Waals surface area contributed by atoms with E-state index in [0.717, 1.165) is 17.1 Å². The topological polar surface area (TPSA) is 114 Å². The van der Waals surface area contributed by atoms with Gasteiger partial charge in [-0.1, -0.05) is 35.4 Å². The number of benzene rings is 2. The van der Waals surface area contributed by atoms with Crippen molar-refractivity contribution in [3.8, 4) is 11.8 Å². The molecule has 188 valence electrons. The Kier molecular flexibility index (Phi) is 6.55. The number of ketones is 1. The Labute approximate surface area is 214 Å². The second-order valence-corrected chi connectivity index (χ2v) is 8.93. The lowest BCUT2D eigenvalue weighted by atomic mass is 10.1. The summed E-state index contributed by atoms with van der Waals surface area (Å²) in [6, 6.07) is 19.4. The third-order valence-electron chi connectivity index (χ3n) is 6.79. The maximum atomic E-state index is 13.0. The average molecular weight is 498 g/mol. The molecule has 1 aromatic heterocycles. The summed E-state index contributed by atoms with van der Waals surface area (Å²) >= 11 is 0. The van der Waals surface area contributed by atoms with E-state index in [0.29, 0.717) is 37.9 Å². The maximum Gasteiger partial charge on any atom is 0.250 e. The molecular formula is C26H27N9O2. The second kappa shape index (κ2) is 10.1. The van der Waals surface area contributed by atoms with E-state index < -0.39 is 0 Å². The van der Waals surface area contributed by atoms with Crippen molar-refractivity contribution in [3.05, 3.63) is 66.0 Å². The number of carbonyl (C=O) groups excluding carboxylic acids is 2. The number of rotatable bonds is 6. The molecule has 0 saturated carbocycles. The number of anilines is 3. The zero-order valence-corrected chi connectivity index (χ0v) is 20.8. The van der Waals surface area contributed by atoms with Crippen molar-refractivity contribution < 1.29 is 9.59 Å². The van der Waals surface area contributed by atoms with Crippen molar-refractivity contribution in [1.29, 1.82) is 5.26 Å². The number of nitrogens with zero attached hydrogens (tertiary/aromatic N) is 9. The molecule has 0 atom stereocenters. The Morgan fingerprint density at radius 2 is 1.51 bits per heavy atom. The van der Waals surface area contributed by atoms with Gasteiger partial charge in [-0.05, 0) is 34.7 Å². The molecule has 2 aliphatic heterocycles. The Morgan fingerprint density at radius 1 is 0.892 bits per heavy atom. The maximum absolute atomic E-state index is 13.0. The Bertz CT molecular complexity index is 1350. The SMILES string of the molecule is CN1C(=C(C#N)C(=O)CCC(=O)N2CCN(c3nnnn3-c3ccccc3)CC2)N(C)c2ccccc21. The minimum absolute atomic E-state index is 0.0181. The molecule has 0 spiro atoms. The number of tetrazole rings is 1. The highest BCUT2D eigenvalue weighted by molar-refractivity contribution is 6.03. The summed E-state index contributed by atoms with van der Waals surface area (Å²) in [5.41, 5.74) is 2.77. The number of fused-ring (bicyclic) bond motifs is 1. The van der Waals surface area contributed by atoms with Gasteiger partial charge < -0.3 is 19.6 Å². The van der Waals surface area contributed by atoms with Crippen LogP contribution in [0, 0.1) is 11.3 Å². The van der Waals surface area contributed by atoms with Crippen LogP contribution in [0.4, 0.5) is 17.3 Å². The molecule has 0 bridgehead atoms. The van der Waals surface area contributed by atoms with E-state index >= 15 is 0 Å². The monoisotopic (exact) mass is 497 g/mol. The van der Waals surface area contributed by atoms with E-state index in [1.54, 1.807) is 9.58 Å². The molecule has 0 aliphatic carbocycles. The first-order valence-electron chi connectivity index (χ1n) is 12.1. The highest BCUT2D eigenvalue weighted by Gasteiger charge is 2.32. The molecule has 3 aromatic rings. The number of allylic oxidation sites excluding steroid dienone is 1. The third kappa shape index (κ3) is 4.49. The predicted octanol–water partition coefficient (Wildman–Crippen LogP) is 1.98. The molecule has 0 radical (unpaired) electrons. The number of para-hydroxylation sites is 3. The number of Topliss-reactive ketones (excluding diaryl/α,β-unsaturated/α-hetero) is 1. The quantitative estimate of drug-likeness (QED) is 0.372. The molecule has 37 heavy (non-hydrogen) atoms. The predicted molar refractivity (Wildman–Crippen MR) is 138 cm³/mol. The molecule has 1 saturated heterocycles. The van der Waals surface area contributed by atoms with E-state index in [9.17, 15) is 14.9 Å². The lowest BCUT2D eigenvalue weighted by Gasteiger charge is -2.34. The number of hydrogen-bond acceptors (Lipinski definition) is 9. The van der Waals surface area contributed by atoms with Gasteiger partial charge in [-0.3, -0.25) is 9.59 Å². The van der Waals surface area contributed by atoms with Crippen LogP contribution >= 0.6 is 0 Å². The van der Waals surface area contributed by atoms with Crippen LogP contribution in [0.2, 0.25) is 0 Å². The number of amides is 1. The first-order chi connectivity index (χ1) is 18.0. The van der Waals surface area contributed by atoms with Gasteiger partial charge in [0.2, 0.25) is 11.9 Å².